The second kappa shape index (κ2) is 8.44. The van der Waals surface area contributed by atoms with E-state index in [-0.39, 0.29) is 11.2 Å². The Hall–Kier alpha value is -2.41. The van der Waals surface area contributed by atoms with E-state index in [1.54, 1.807) is 20.2 Å². The molecule has 0 unspecified atom stereocenters. The summed E-state index contributed by atoms with van der Waals surface area (Å²) in [7, 11) is 1.61. The number of hydrazone groups is 1. The van der Waals surface area contributed by atoms with Crippen LogP contribution < -0.4 is 10.2 Å². The second-order valence-electron chi connectivity index (χ2n) is 5.20. The quantitative estimate of drug-likeness (QED) is 0.377. The molecule has 1 aromatic carbocycles. The van der Waals surface area contributed by atoms with Gasteiger partial charge in [0.25, 0.3) is 5.91 Å². The minimum Gasteiger partial charge on any atom is -0.497 e. The molecule has 0 fully saturated rings. The van der Waals surface area contributed by atoms with Crippen molar-refractivity contribution in [2.45, 2.75) is 31.2 Å². The highest BCUT2D eigenvalue weighted by molar-refractivity contribution is 8.00. The Morgan fingerprint density at radius 1 is 1.25 bits per heavy atom. The zero-order valence-electron chi connectivity index (χ0n) is 14.1. The third kappa shape index (κ3) is 5.34. The van der Waals surface area contributed by atoms with Crippen LogP contribution in [0.25, 0.3) is 0 Å². The number of carbonyl (C=O) groups excluding carboxylic acids is 1. The molecule has 0 bridgehead atoms. The van der Waals surface area contributed by atoms with Gasteiger partial charge in [0.05, 0.1) is 18.6 Å². The number of rotatable bonds is 6. The van der Waals surface area contributed by atoms with Crippen LogP contribution in [0.5, 0.6) is 5.75 Å². The number of aryl methyl sites for hydroxylation is 2. The highest BCUT2D eigenvalue weighted by atomic mass is 32.2. The van der Waals surface area contributed by atoms with Crippen LogP contribution in [0.1, 0.15) is 23.9 Å². The van der Waals surface area contributed by atoms with Crippen LogP contribution >= 0.6 is 11.8 Å². The summed E-state index contributed by atoms with van der Waals surface area (Å²) in [5, 5.41) is 4.22. The molecule has 0 saturated heterocycles. The number of hydrogen-bond acceptors (Lipinski definition) is 6. The molecule has 0 saturated carbocycles. The van der Waals surface area contributed by atoms with Crippen LogP contribution in [0.3, 0.4) is 0 Å². The first-order valence-corrected chi connectivity index (χ1v) is 8.32. The molecule has 0 aliphatic carbocycles. The average Bonchev–Trinajstić information content (AvgIpc) is 2.54. The van der Waals surface area contributed by atoms with Crippen LogP contribution in [0.4, 0.5) is 0 Å². The fourth-order valence-electron chi connectivity index (χ4n) is 1.91. The molecule has 0 aliphatic rings. The summed E-state index contributed by atoms with van der Waals surface area (Å²) in [5.41, 5.74) is 5.17. The van der Waals surface area contributed by atoms with E-state index in [0.29, 0.717) is 5.16 Å². The van der Waals surface area contributed by atoms with E-state index in [2.05, 4.69) is 20.5 Å². The fraction of sp³-hybridized carbons (Fsp3) is 0.294. The van der Waals surface area contributed by atoms with Crippen molar-refractivity contribution < 1.29 is 9.53 Å². The molecule has 0 radical (unpaired) electrons. The summed E-state index contributed by atoms with van der Waals surface area (Å²) in [6.07, 6.45) is 1.59. The maximum atomic E-state index is 12.1. The first-order chi connectivity index (χ1) is 11.5. The zero-order chi connectivity index (χ0) is 17.5. The Morgan fingerprint density at radius 2 is 1.88 bits per heavy atom. The second-order valence-corrected chi connectivity index (χ2v) is 6.51. The molecule has 2 rings (SSSR count). The topological polar surface area (TPSA) is 76.5 Å². The van der Waals surface area contributed by atoms with E-state index in [1.165, 1.54) is 11.8 Å². The number of carbonyl (C=O) groups is 1. The maximum Gasteiger partial charge on any atom is 0.253 e. The van der Waals surface area contributed by atoms with E-state index in [1.807, 2.05) is 44.2 Å². The van der Waals surface area contributed by atoms with Crippen molar-refractivity contribution in [2.24, 2.45) is 5.10 Å². The summed E-state index contributed by atoms with van der Waals surface area (Å²) >= 11 is 1.31. The van der Waals surface area contributed by atoms with Crippen LogP contribution in [0, 0.1) is 13.8 Å². The van der Waals surface area contributed by atoms with E-state index in [9.17, 15) is 4.79 Å². The van der Waals surface area contributed by atoms with Crippen molar-refractivity contribution in [3.8, 4) is 5.75 Å². The number of ether oxygens (including phenoxy) is 1. The van der Waals surface area contributed by atoms with Gasteiger partial charge < -0.3 is 4.74 Å². The lowest BCUT2D eigenvalue weighted by Gasteiger charge is -2.09. The van der Waals surface area contributed by atoms with Crippen molar-refractivity contribution in [2.75, 3.05) is 7.11 Å². The van der Waals surface area contributed by atoms with E-state index < -0.39 is 0 Å². The number of nitrogens with one attached hydrogen (secondary N) is 1. The Morgan fingerprint density at radius 3 is 2.46 bits per heavy atom. The average molecular weight is 344 g/mol. The first-order valence-electron chi connectivity index (χ1n) is 7.44. The number of benzene rings is 1. The summed E-state index contributed by atoms with van der Waals surface area (Å²) in [5.74, 6) is 0.571. The summed E-state index contributed by atoms with van der Waals surface area (Å²) in [4.78, 5) is 20.7. The molecule has 7 heteroatoms. The van der Waals surface area contributed by atoms with Gasteiger partial charge in [-0.2, -0.15) is 5.10 Å². The SMILES string of the molecule is COc1ccc(/C=N\NC(=O)[C@H](C)Sc2nc(C)cc(C)n2)cc1. The van der Waals surface area contributed by atoms with Gasteiger partial charge in [0.2, 0.25) is 0 Å². The van der Waals surface area contributed by atoms with Crippen LogP contribution in [-0.2, 0) is 4.79 Å². The number of aromatic nitrogens is 2. The lowest BCUT2D eigenvalue weighted by molar-refractivity contribution is -0.120. The van der Waals surface area contributed by atoms with Crippen LogP contribution in [0.2, 0.25) is 0 Å². The Kier molecular flexibility index (Phi) is 6.31. The van der Waals surface area contributed by atoms with Gasteiger partial charge in [-0.1, -0.05) is 11.8 Å². The molecule has 6 nitrogen and oxygen atoms in total. The highest BCUT2D eigenvalue weighted by Gasteiger charge is 2.15. The minimum atomic E-state index is -0.348. The Labute approximate surface area is 145 Å². The van der Waals surface area contributed by atoms with E-state index in [4.69, 9.17) is 4.74 Å². The molecule has 24 heavy (non-hydrogen) atoms. The number of amides is 1. The standard InChI is InChI=1S/C17H20N4O2S/c1-11-9-12(2)20-17(19-11)24-13(3)16(22)21-18-10-14-5-7-15(23-4)8-6-14/h5-10,13H,1-4H3,(H,21,22)/b18-10-/t13-/m0/s1. The molecule has 2 aromatic rings. The normalized spacial score (nSPS) is 12.2. The lowest BCUT2D eigenvalue weighted by Crippen LogP contribution is -2.27. The molecular weight excluding hydrogens is 324 g/mol. The lowest BCUT2D eigenvalue weighted by atomic mass is 10.2. The van der Waals surface area contributed by atoms with Gasteiger partial charge in [-0.05, 0) is 56.7 Å². The summed E-state index contributed by atoms with van der Waals surface area (Å²) < 4.78 is 5.09. The van der Waals surface area contributed by atoms with E-state index in [0.717, 1.165) is 22.7 Å². The van der Waals surface area contributed by atoms with Gasteiger partial charge in [0.15, 0.2) is 5.16 Å². The Balaban J connectivity index is 1.89. The van der Waals surface area contributed by atoms with Gasteiger partial charge >= 0.3 is 0 Å². The van der Waals surface area contributed by atoms with Crippen LogP contribution in [-0.4, -0.2) is 34.4 Å². The minimum absolute atomic E-state index is 0.201. The zero-order valence-corrected chi connectivity index (χ0v) is 14.9. The summed E-state index contributed by atoms with van der Waals surface area (Å²) in [6.45, 7) is 5.61. The number of hydrogen-bond donors (Lipinski definition) is 1. The van der Waals surface area contributed by atoms with E-state index >= 15 is 0 Å². The molecular formula is C17H20N4O2S. The maximum absolute atomic E-state index is 12.1. The monoisotopic (exact) mass is 344 g/mol. The smallest absolute Gasteiger partial charge is 0.253 e. The molecule has 1 N–H and O–H groups in total. The summed E-state index contributed by atoms with van der Waals surface area (Å²) in [6, 6.07) is 9.28. The first kappa shape index (κ1) is 17.9. The van der Waals surface area contributed by atoms with Gasteiger partial charge in [-0.15, -0.1) is 0 Å². The fourth-order valence-corrected chi connectivity index (χ4v) is 2.78. The van der Waals surface area contributed by atoms with Crippen molar-refractivity contribution in [3.63, 3.8) is 0 Å². The number of nitrogens with zero attached hydrogens (tertiary/aromatic N) is 3. The predicted molar refractivity (Wildman–Crippen MR) is 95.6 cm³/mol. The molecule has 1 amide bonds. The van der Waals surface area contributed by atoms with Gasteiger partial charge in [0, 0.05) is 11.4 Å². The van der Waals surface area contributed by atoms with Gasteiger partial charge in [-0.3, -0.25) is 4.79 Å². The third-order valence-electron chi connectivity index (χ3n) is 3.12. The molecule has 0 aliphatic heterocycles. The number of methoxy groups -OCH3 is 1. The van der Waals surface area contributed by atoms with Gasteiger partial charge in [-0.25, -0.2) is 15.4 Å². The highest BCUT2D eigenvalue weighted by Crippen LogP contribution is 2.20. The molecule has 1 heterocycles. The third-order valence-corrected chi connectivity index (χ3v) is 4.08. The predicted octanol–water partition coefficient (Wildman–Crippen LogP) is 2.73. The van der Waals surface area contributed by atoms with Crippen molar-refractivity contribution in [1.29, 1.82) is 0 Å². The largest absolute Gasteiger partial charge is 0.497 e. The Bertz CT molecular complexity index is 712. The molecule has 126 valence electrons. The molecule has 0 spiro atoms. The van der Waals surface area contributed by atoms with Gasteiger partial charge in [0.1, 0.15) is 5.75 Å². The number of thioether (sulfide) groups is 1. The van der Waals surface area contributed by atoms with Crippen molar-refractivity contribution in [3.05, 3.63) is 47.3 Å². The van der Waals surface area contributed by atoms with Crippen molar-refractivity contribution >= 4 is 23.9 Å². The molecule has 1 aromatic heterocycles. The molecule has 1 atom stereocenters. The van der Waals surface area contributed by atoms with Crippen LogP contribution in [0.15, 0.2) is 40.6 Å². The van der Waals surface area contributed by atoms with Crippen molar-refractivity contribution in [1.82, 2.24) is 15.4 Å².